The summed E-state index contributed by atoms with van der Waals surface area (Å²) >= 11 is 0. The molecule has 0 aliphatic carbocycles. The molecule has 7 heteroatoms. The van der Waals surface area contributed by atoms with Gasteiger partial charge in [-0.2, -0.15) is 0 Å². The normalized spacial score (nSPS) is 11.7. The van der Waals surface area contributed by atoms with E-state index in [-0.39, 0.29) is 18.7 Å². The van der Waals surface area contributed by atoms with Crippen molar-refractivity contribution < 1.29 is 14.5 Å². The molecule has 0 saturated carbocycles. The van der Waals surface area contributed by atoms with Crippen LogP contribution in [0.25, 0.3) is 0 Å². The van der Waals surface area contributed by atoms with E-state index in [9.17, 15) is 19.7 Å². The van der Waals surface area contributed by atoms with Crippen LogP contribution in [0, 0.1) is 10.1 Å². The lowest BCUT2D eigenvalue weighted by Gasteiger charge is -2.16. The molecule has 7 nitrogen and oxygen atoms in total. The Labute approximate surface area is 132 Å². The number of hydrogen-bond acceptors (Lipinski definition) is 5. The lowest BCUT2D eigenvalue weighted by molar-refractivity contribution is -0.385. The lowest BCUT2D eigenvalue weighted by Crippen LogP contribution is -2.30. The molecule has 1 aromatic heterocycles. The molecule has 2 rings (SSSR count). The molecule has 0 aliphatic heterocycles. The Hall–Kier alpha value is -2.96. The number of ether oxygens (including phenoxy) is 1. The fourth-order valence-electron chi connectivity index (χ4n) is 2.15. The maximum Gasteiger partial charge on any atom is 0.329 e. The summed E-state index contributed by atoms with van der Waals surface area (Å²) in [5.41, 5.74) is 0.0834. The fraction of sp³-hybridized carbons (Fsp3) is 0.250. The Morgan fingerprint density at radius 3 is 2.57 bits per heavy atom. The van der Waals surface area contributed by atoms with Gasteiger partial charge in [0.25, 0.3) is 11.2 Å². The molecule has 0 amide bonds. The largest absolute Gasteiger partial charge is 0.459 e. The molecule has 0 saturated heterocycles. The van der Waals surface area contributed by atoms with Gasteiger partial charge in [0, 0.05) is 12.1 Å². The van der Waals surface area contributed by atoms with Crippen LogP contribution >= 0.6 is 0 Å². The number of aromatic nitrogens is 1. The Bertz CT molecular complexity index is 755. The van der Waals surface area contributed by atoms with E-state index < -0.39 is 22.5 Å². The molecular weight excluding hydrogens is 300 g/mol. The standard InChI is InChI=1S/C16H16N2O5/c1-2-14(16(20)23-11-12-6-4-3-5-7-12)17-10-13(18(21)22)8-9-15(17)19/h3-10,14H,2,11H2,1H3. The second-order valence-electron chi connectivity index (χ2n) is 4.91. The molecule has 0 bridgehead atoms. The topological polar surface area (TPSA) is 91.4 Å². The number of nitrogens with zero attached hydrogens (tertiary/aromatic N) is 2. The van der Waals surface area contributed by atoms with E-state index in [4.69, 9.17) is 4.74 Å². The van der Waals surface area contributed by atoms with Gasteiger partial charge in [0.2, 0.25) is 0 Å². The van der Waals surface area contributed by atoms with Crippen molar-refractivity contribution in [1.29, 1.82) is 0 Å². The Morgan fingerprint density at radius 2 is 1.96 bits per heavy atom. The highest BCUT2D eigenvalue weighted by atomic mass is 16.6. The van der Waals surface area contributed by atoms with Gasteiger partial charge in [0.05, 0.1) is 11.1 Å². The van der Waals surface area contributed by atoms with E-state index >= 15 is 0 Å². The molecule has 1 unspecified atom stereocenters. The summed E-state index contributed by atoms with van der Waals surface area (Å²) in [6, 6.07) is 10.4. The first-order valence-corrected chi connectivity index (χ1v) is 7.10. The molecule has 120 valence electrons. The van der Waals surface area contributed by atoms with E-state index in [2.05, 4.69) is 0 Å². The summed E-state index contributed by atoms with van der Waals surface area (Å²) in [4.78, 5) is 34.4. The van der Waals surface area contributed by atoms with Crippen LogP contribution in [0.15, 0.2) is 53.5 Å². The minimum Gasteiger partial charge on any atom is -0.459 e. The zero-order valence-corrected chi connectivity index (χ0v) is 12.5. The quantitative estimate of drug-likeness (QED) is 0.464. The number of nitro groups is 1. The second kappa shape index (κ2) is 7.35. The van der Waals surface area contributed by atoms with Gasteiger partial charge >= 0.3 is 5.97 Å². The third-order valence-corrected chi connectivity index (χ3v) is 3.35. The van der Waals surface area contributed by atoms with E-state index in [1.54, 1.807) is 6.92 Å². The van der Waals surface area contributed by atoms with Crippen molar-refractivity contribution in [3.05, 3.63) is 74.7 Å². The molecule has 0 spiro atoms. The second-order valence-corrected chi connectivity index (χ2v) is 4.91. The molecule has 1 aromatic carbocycles. The van der Waals surface area contributed by atoms with E-state index in [1.807, 2.05) is 30.3 Å². The van der Waals surface area contributed by atoms with Crippen molar-refractivity contribution in [2.75, 3.05) is 0 Å². The average molecular weight is 316 g/mol. The Morgan fingerprint density at radius 1 is 1.26 bits per heavy atom. The fourth-order valence-corrected chi connectivity index (χ4v) is 2.15. The van der Waals surface area contributed by atoms with Gasteiger partial charge in [0.15, 0.2) is 0 Å². The van der Waals surface area contributed by atoms with Crippen molar-refractivity contribution in [3.8, 4) is 0 Å². The minimum absolute atomic E-state index is 0.0832. The van der Waals surface area contributed by atoms with Crippen LogP contribution in [0.4, 0.5) is 5.69 Å². The van der Waals surface area contributed by atoms with Crippen LogP contribution in [-0.4, -0.2) is 15.5 Å². The van der Waals surface area contributed by atoms with Crippen molar-refractivity contribution in [3.63, 3.8) is 0 Å². The summed E-state index contributed by atoms with van der Waals surface area (Å²) in [7, 11) is 0. The molecule has 23 heavy (non-hydrogen) atoms. The highest BCUT2D eigenvalue weighted by Crippen LogP contribution is 2.16. The number of pyridine rings is 1. The van der Waals surface area contributed by atoms with Crippen LogP contribution in [0.5, 0.6) is 0 Å². The predicted octanol–water partition coefficient (Wildman–Crippen LogP) is 2.45. The zero-order valence-electron chi connectivity index (χ0n) is 12.5. The first kappa shape index (κ1) is 16.4. The number of carbonyl (C=O) groups excluding carboxylic acids is 1. The molecule has 1 heterocycles. The van der Waals surface area contributed by atoms with Gasteiger partial charge in [-0.3, -0.25) is 19.5 Å². The molecule has 1 atom stereocenters. The summed E-state index contributed by atoms with van der Waals surface area (Å²) in [6.07, 6.45) is 1.36. The SMILES string of the molecule is CCC(C(=O)OCc1ccccc1)n1cc([N+](=O)[O-])ccc1=O. The molecule has 0 aliphatic rings. The van der Waals surface area contributed by atoms with Gasteiger partial charge in [-0.25, -0.2) is 4.79 Å². The van der Waals surface area contributed by atoms with Crippen LogP contribution < -0.4 is 5.56 Å². The van der Waals surface area contributed by atoms with Crippen molar-refractivity contribution in [1.82, 2.24) is 4.57 Å². The van der Waals surface area contributed by atoms with Crippen molar-refractivity contribution in [2.45, 2.75) is 26.0 Å². The molecule has 0 fully saturated rings. The monoisotopic (exact) mass is 316 g/mol. The maximum absolute atomic E-state index is 12.2. The molecule has 0 radical (unpaired) electrons. The highest BCUT2D eigenvalue weighted by Gasteiger charge is 2.23. The minimum atomic E-state index is -0.897. The number of esters is 1. The van der Waals surface area contributed by atoms with Crippen molar-refractivity contribution >= 4 is 11.7 Å². The van der Waals surface area contributed by atoms with Crippen LogP contribution in [0.3, 0.4) is 0 Å². The third-order valence-electron chi connectivity index (χ3n) is 3.35. The summed E-state index contributed by atoms with van der Waals surface area (Å²) in [6.45, 7) is 1.79. The van der Waals surface area contributed by atoms with Crippen LogP contribution in [-0.2, 0) is 16.1 Å². The van der Waals surface area contributed by atoms with Crippen molar-refractivity contribution in [2.24, 2.45) is 0 Å². The Kier molecular flexibility index (Phi) is 5.24. The Balaban J connectivity index is 2.18. The summed E-state index contributed by atoms with van der Waals surface area (Å²) < 4.78 is 6.27. The number of rotatable bonds is 6. The molecular formula is C16H16N2O5. The third kappa shape index (κ3) is 4.03. The average Bonchev–Trinajstić information content (AvgIpc) is 2.56. The first-order chi connectivity index (χ1) is 11.0. The molecule has 0 N–H and O–H groups in total. The van der Waals surface area contributed by atoms with Crippen LogP contribution in [0.2, 0.25) is 0 Å². The zero-order chi connectivity index (χ0) is 16.8. The maximum atomic E-state index is 12.2. The smallest absolute Gasteiger partial charge is 0.329 e. The number of benzene rings is 1. The van der Waals surface area contributed by atoms with Gasteiger partial charge in [-0.05, 0) is 12.0 Å². The molecule has 2 aromatic rings. The lowest BCUT2D eigenvalue weighted by atomic mass is 10.2. The summed E-state index contributed by atoms with van der Waals surface area (Å²) in [5.74, 6) is -0.598. The predicted molar refractivity (Wildman–Crippen MR) is 82.9 cm³/mol. The van der Waals surface area contributed by atoms with E-state index in [0.717, 1.165) is 28.5 Å². The highest BCUT2D eigenvalue weighted by molar-refractivity contribution is 5.74. The van der Waals surface area contributed by atoms with Crippen LogP contribution in [0.1, 0.15) is 24.9 Å². The number of hydrogen-bond donors (Lipinski definition) is 0. The number of carbonyl (C=O) groups is 1. The van der Waals surface area contributed by atoms with E-state index in [0.29, 0.717) is 0 Å². The summed E-state index contributed by atoms with van der Waals surface area (Å²) in [5, 5.41) is 10.8. The first-order valence-electron chi connectivity index (χ1n) is 7.10. The van der Waals surface area contributed by atoms with Gasteiger partial charge in [0.1, 0.15) is 12.6 Å². The van der Waals surface area contributed by atoms with Gasteiger partial charge in [-0.15, -0.1) is 0 Å². The van der Waals surface area contributed by atoms with E-state index in [1.165, 1.54) is 0 Å². The van der Waals surface area contributed by atoms with Gasteiger partial charge < -0.3 is 4.74 Å². The van der Waals surface area contributed by atoms with Gasteiger partial charge in [-0.1, -0.05) is 37.3 Å².